The van der Waals surface area contributed by atoms with Gasteiger partial charge in [0.25, 0.3) is 5.69 Å². The highest BCUT2D eigenvalue weighted by atomic mass is 16.6. The molecule has 0 atom stereocenters. The number of rotatable bonds is 6. The van der Waals surface area contributed by atoms with Crippen molar-refractivity contribution in [2.24, 2.45) is 5.10 Å². The van der Waals surface area contributed by atoms with Crippen LogP contribution < -0.4 is 14.9 Å². The minimum Gasteiger partial charge on any atom is -0.493 e. The van der Waals surface area contributed by atoms with E-state index in [1.54, 1.807) is 38.6 Å². The highest BCUT2D eigenvalue weighted by Gasteiger charge is 2.07. The fourth-order valence-corrected chi connectivity index (χ4v) is 1.88. The fourth-order valence-electron chi connectivity index (χ4n) is 1.88. The van der Waals surface area contributed by atoms with Gasteiger partial charge in [-0.1, -0.05) is 12.1 Å². The summed E-state index contributed by atoms with van der Waals surface area (Å²) in [5.74, 6) is 1.16. The summed E-state index contributed by atoms with van der Waals surface area (Å²) in [5, 5.41) is 14.8. The van der Waals surface area contributed by atoms with Crippen LogP contribution in [0.15, 0.2) is 47.6 Å². The summed E-state index contributed by atoms with van der Waals surface area (Å²) in [6.07, 6.45) is 1.56. The number of benzene rings is 2. The molecule has 22 heavy (non-hydrogen) atoms. The average molecular weight is 301 g/mol. The summed E-state index contributed by atoms with van der Waals surface area (Å²) in [6, 6.07) is 11.5. The number of nitro benzene ring substituents is 1. The predicted molar refractivity (Wildman–Crippen MR) is 83.9 cm³/mol. The van der Waals surface area contributed by atoms with Crippen LogP contribution in [0.25, 0.3) is 0 Å². The molecule has 0 aliphatic rings. The highest BCUT2D eigenvalue weighted by Crippen LogP contribution is 2.29. The second-order valence-corrected chi connectivity index (χ2v) is 4.26. The molecular formula is C15H15N3O4. The summed E-state index contributed by atoms with van der Waals surface area (Å²) in [5.41, 5.74) is 3.99. The summed E-state index contributed by atoms with van der Waals surface area (Å²) in [6.45, 7) is 0. The molecule has 2 aromatic carbocycles. The number of hydrazone groups is 1. The third-order valence-electron chi connectivity index (χ3n) is 2.89. The standard InChI is InChI=1S/C15H15N3O4/c1-21-14-8-3-5-11(15(14)22-2)10-16-17-12-6-4-7-13(9-12)18(19)20/h3-10,17H,1-2H3/b16-10+. The number of ether oxygens (including phenoxy) is 2. The maximum atomic E-state index is 10.7. The quantitative estimate of drug-likeness (QED) is 0.503. The first-order valence-electron chi connectivity index (χ1n) is 6.40. The van der Waals surface area contributed by atoms with E-state index < -0.39 is 4.92 Å². The Balaban J connectivity index is 2.16. The van der Waals surface area contributed by atoms with Crippen LogP contribution >= 0.6 is 0 Å². The molecule has 7 nitrogen and oxygen atoms in total. The molecule has 0 spiro atoms. The van der Waals surface area contributed by atoms with Crippen LogP contribution in [0.2, 0.25) is 0 Å². The number of nitro groups is 1. The third kappa shape index (κ3) is 3.51. The molecule has 0 fully saturated rings. The molecule has 0 unspecified atom stereocenters. The van der Waals surface area contributed by atoms with Crippen LogP contribution in [-0.2, 0) is 0 Å². The van der Waals surface area contributed by atoms with Crippen molar-refractivity contribution in [3.63, 3.8) is 0 Å². The summed E-state index contributed by atoms with van der Waals surface area (Å²) >= 11 is 0. The zero-order valence-corrected chi connectivity index (χ0v) is 12.1. The van der Waals surface area contributed by atoms with Gasteiger partial charge in [-0.15, -0.1) is 0 Å². The Kier molecular flexibility index (Phi) is 4.92. The van der Waals surface area contributed by atoms with E-state index in [0.29, 0.717) is 17.2 Å². The van der Waals surface area contributed by atoms with Crippen LogP contribution in [0.4, 0.5) is 11.4 Å². The first-order chi connectivity index (χ1) is 10.7. The smallest absolute Gasteiger partial charge is 0.271 e. The van der Waals surface area contributed by atoms with Crippen molar-refractivity contribution >= 4 is 17.6 Å². The SMILES string of the molecule is COc1cccc(/C=N/Nc2cccc([N+](=O)[O-])c2)c1OC. The first-order valence-corrected chi connectivity index (χ1v) is 6.40. The van der Waals surface area contributed by atoms with E-state index in [0.717, 1.165) is 5.56 Å². The van der Waals surface area contributed by atoms with Gasteiger partial charge in [-0.2, -0.15) is 5.10 Å². The molecule has 0 aromatic heterocycles. The topological polar surface area (TPSA) is 86.0 Å². The van der Waals surface area contributed by atoms with Crippen LogP contribution in [0.5, 0.6) is 11.5 Å². The molecular weight excluding hydrogens is 286 g/mol. The van der Waals surface area contributed by atoms with E-state index in [1.165, 1.54) is 12.1 Å². The van der Waals surface area contributed by atoms with Gasteiger partial charge in [-0.3, -0.25) is 15.5 Å². The average Bonchev–Trinajstić information content (AvgIpc) is 2.54. The number of nitrogens with zero attached hydrogens (tertiary/aromatic N) is 2. The highest BCUT2D eigenvalue weighted by molar-refractivity contribution is 5.85. The van der Waals surface area contributed by atoms with Gasteiger partial charge in [0.1, 0.15) is 0 Å². The molecule has 114 valence electrons. The lowest BCUT2D eigenvalue weighted by Crippen LogP contribution is -1.97. The van der Waals surface area contributed by atoms with E-state index in [9.17, 15) is 10.1 Å². The van der Waals surface area contributed by atoms with Crippen molar-refractivity contribution in [1.82, 2.24) is 0 Å². The van der Waals surface area contributed by atoms with Crippen molar-refractivity contribution < 1.29 is 14.4 Å². The predicted octanol–water partition coefficient (Wildman–Crippen LogP) is 3.06. The molecule has 2 rings (SSSR count). The molecule has 1 N–H and O–H groups in total. The van der Waals surface area contributed by atoms with Gasteiger partial charge in [0.15, 0.2) is 11.5 Å². The van der Waals surface area contributed by atoms with Crippen molar-refractivity contribution in [2.75, 3.05) is 19.6 Å². The molecule has 2 aromatic rings. The molecule has 0 saturated heterocycles. The number of non-ortho nitro benzene ring substituents is 1. The van der Waals surface area contributed by atoms with E-state index in [2.05, 4.69) is 10.5 Å². The van der Waals surface area contributed by atoms with Gasteiger partial charge in [0, 0.05) is 17.7 Å². The fraction of sp³-hybridized carbons (Fsp3) is 0.133. The summed E-state index contributed by atoms with van der Waals surface area (Å²) < 4.78 is 10.5. The van der Waals surface area contributed by atoms with Crippen molar-refractivity contribution in [1.29, 1.82) is 0 Å². The molecule has 0 aliphatic heterocycles. The monoisotopic (exact) mass is 301 g/mol. The molecule has 0 bridgehead atoms. The number of para-hydroxylation sites is 1. The van der Waals surface area contributed by atoms with Gasteiger partial charge in [-0.25, -0.2) is 0 Å². The number of methoxy groups -OCH3 is 2. The van der Waals surface area contributed by atoms with E-state index in [4.69, 9.17) is 9.47 Å². The lowest BCUT2D eigenvalue weighted by molar-refractivity contribution is -0.384. The molecule has 0 heterocycles. The Morgan fingerprint density at radius 3 is 2.64 bits per heavy atom. The van der Waals surface area contributed by atoms with Crippen molar-refractivity contribution in [3.8, 4) is 11.5 Å². The van der Waals surface area contributed by atoms with Crippen molar-refractivity contribution in [3.05, 3.63) is 58.1 Å². The summed E-state index contributed by atoms with van der Waals surface area (Å²) in [4.78, 5) is 10.3. The first kappa shape index (κ1) is 15.3. The van der Waals surface area contributed by atoms with Gasteiger partial charge >= 0.3 is 0 Å². The van der Waals surface area contributed by atoms with E-state index in [1.807, 2.05) is 12.1 Å². The number of anilines is 1. The number of hydrogen-bond donors (Lipinski definition) is 1. The lowest BCUT2D eigenvalue weighted by atomic mass is 10.2. The normalized spacial score (nSPS) is 10.5. The summed E-state index contributed by atoms with van der Waals surface area (Å²) in [7, 11) is 3.10. The van der Waals surface area contributed by atoms with Gasteiger partial charge in [0.05, 0.1) is 31.0 Å². The zero-order chi connectivity index (χ0) is 15.9. The van der Waals surface area contributed by atoms with Crippen LogP contribution in [0, 0.1) is 10.1 Å². The Hall–Kier alpha value is -3.09. The number of hydrogen-bond acceptors (Lipinski definition) is 6. The minimum atomic E-state index is -0.458. The zero-order valence-electron chi connectivity index (χ0n) is 12.1. The van der Waals surface area contributed by atoms with Gasteiger partial charge in [0.2, 0.25) is 0 Å². The van der Waals surface area contributed by atoms with Gasteiger partial charge in [-0.05, 0) is 18.2 Å². The number of nitrogens with one attached hydrogen (secondary N) is 1. The van der Waals surface area contributed by atoms with Crippen molar-refractivity contribution in [2.45, 2.75) is 0 Å². The largest absolute Gasteiger partial charge is 0.493 e. The van der Waals surface area contributed by atoms with Crippen LogP contribution in [0.3, 0.4) is 0 Å². The Morgan fingerprint density at radius 1 is 1.18 bits per heavy atom. The second-order valence-electron chi connectivity index (χ2n) is 4.26. The third-order valence-corrected chi connectivity index (χ3v) is 2.89. The second kappa shape index (κ2) is 7.07. The van der Waals surface area contributed by atoms with Crippen LogP contribution in [-0.4, -0.2) is 25.4 Å². The Labute approximate surface area is 127 Å². The molecule has 7 heteroatoms. The van der Waals surface area contributed by atoms with E-state index in [-0.39, 0.29) is 5.69 Å². The van der Waals surface area contributed by atoms with Crippen LogP contribution in [0.1, 0.15) is 5.56 Å². The lowest BCUT2D eigenvalue weighted by Gasteiger charge is -2.09. The Bertz CT molecular complexity index is 701. The maximum absolute atomic E-state index is 10.7. The molecule has 0 saturated carbocycles. The maximum Gasteiger partial charge on any atom is 0.271 e. The molecule has 0 aliphatic carbocycles. The molecule has 0 amide bonds. The van der Waals surface area contributed by atoms with Gasteiger partial charge < -0.3 is 9.47 Å². The molecule has 0 radical (unpaired) electrons. The van der Waals surface area contributed by atoms with E-state index >= 15 is 0 Å². The Morgan fingerprint density at radius 2 is 1.95 bits per heavy atom. The minimum absolute atomic E-state index is 0.000777.